The molecule has 0 aliphatic rings. The van der Waals surface area contributed by atoms with Gasteiger partial charge in [0.2, 0.25) is 0 Å². The Bertz CT molecular complexity index is 320. The molecule has 0 aromatic heterocycles. The molecule has 1 unspecified atom stereocenters. The minimum atomic E-state index is -5.92. The summed E-state index contributed by atoms with van der Waals surface area (Å²) in [6, 6.07) is 1.65. The second-order valence-electron chi connectivity index (χ2n) is 3.45. The summed E-state index contributed by atoms with van der Waals surface area (Å²) in [5, 5.41) is 8.43. The minimum absolute atomic E-state index is 0.321. The number of carbonyl (C=O) groups is 1. The van der Waals surface area contributed by atoms with E-state index in [4.69, 9.17) is 5.26 Å². The van der Waals surface area contributed by atoms with Crippen molar-refractivity contribution in [3.63, 3.8) is 0 Å². The largest absolute Gasteiger partial charge is 0.463 e. The SMILES string of the molecule is CCN(CC(C)C#N)C(=O)C(F)(F)C(F)(F)F. The fraction of sp³-hybridized carbons (Fsp3) is 0.778. The van der Waals surface area contributed by atoms with Crippen molar-refractivity contribution >= 4 is 5.91 Å². The number of rotatable bonds is 4. The van der Waals surface area contributed by atoms with E-state index in [1.54, 1.807) is 6.07 Å². The Kier molecular flexibility index (Phi) is 4.86. The van der Waals surface area contributed by atoms with Gasteiger partial charge >= 0.3 is 18.0 Å². The third-order valence-corrected chi connectivity index (χ3v) is 2.01. The van der Waals surface area contributed by atoms with Crippen LogP contribution in [0, 0.1) is 17.2 Å². The fourth-order valence-corrected chi connectivity index (χ4v) is 1.05. The average Bonchev–Trinajstić information content (AvgIpc) is 2.22. The van der Waals surface area contributed by atoms with E-state index >= 15 is 0 Å². The Balaban J connectivity index is 4.95. The lowest BCUT2D eigenvalue weighted by molar-refractivity contribution is -0.274. The molecule has 1 amide bonds. The monoisotopic (exact) mass is 258 g/mol. The summed E-state index contributed by atoms with van der Waals surface area (Å²) in [5.41, 5.74) is 0. The van der Waals surface area contributed by atoms with Gasteiger partial charge in [0.05, 0.1) is 12.0 Å². The van der Waals surface area contributed by atoms with E-state index in [1.165, 1.54) is 13.8 Å². The molecule has 0 aliphatic heterocycles. The van der Waals surface area contributed by atoms with Gasteiger partial charge in [-0.1, -0.05) is 0 Å². The maximum atomic E-state index is 12.7. The van der Waals surface area contributed by atoms with Crippen molar-refractivity contribution < 1.29 is 26.7 Å². The van der Waals surface area contributed by atoms with Crippen LogP contribution in [-0.2, 0) is 4.79 Å². The maximum absolute atomic E-state index is 12.7. The Morgan fingerprint density at radius 2 is 1.82 bits per heavy atom. The molecular weight excluding hydrogens is 247 g/mol. The highest BCUT2D eigenvalue weighted by Gasteiger charge is 2.64. The predicted octanol–water partition coefficient (Wildman–Crippen LogP) is 2.19. The van der Waals surface area contributed by atoms with E-state index in [-0.39, 0.29) is 6.54 Å². The van der Waals surface area contributed by atoms with E-state index in [0.717, 1.165) is 0 Å². The van der Waals surface area contributed by atoms with Gasteiger partial charge in [0, 0.05) is 13.1 Å². The minimum Gasteiger partial charge on any atom is -0.336 e. The molecule has 0 radical (unpaired) electrons. The predicted molar refractivity (Wildman–Crippen MR) is 48.0 cm³/mol. The maximum Gasteiger partial charge on any atom is 0.463 e. The highest BCUT2D eigenvalue weighted by atomic mass is 19.4. The van der Waals surface area contributed by atoms with Crippen LogP contribution in [0.4, 0.5) is 22.0 Å². The summed E-state index contributed by atoms with van der Waals surface area (Å²) < 4.78 is 61.2. The molecule has 0 spiro atoms. The number of halogens is 5. The summed E-state index contributed by atoms with van der Waals surface area (Å²) in [6.45, 7) is 1.80. The number of hydrogen-bond acceptors (Lipinski definition) is 2. The van der Waals surface area contributed by atoms with Crippen molar-refractivity contribution in [2.75, 3.05) is 13.1 Å². The first-order valence-electron chi connectivity index (χ1n) is 4.71. The molecule has 0 aromatic carbocycles. The normalized spacial score (nSPS) is 14.0. The second kappa shape index (κ2) is 5.29. The summed E-state index contributed by atoms with van der Waals surface area (Å²) in [5.74, 6) is -8.56. The zero-order chi connectivity index (χ0) is 13.9. The van der Waals surface area contributed by atoms with E-state index in [2.05, 4.69) is 0 Å². The Hall–Kier alpha value is -1.39. The van der Waals surface area contributed by atoms with Crippen LogP contribution in [0.5, 0.6) is 0 Å². The number of carbonyl (C=O) groups excluding carboxylic acids is 1. The van der Waals surface area contributed by atoms with Crippen LogP contribution in [-0.4, -0.2) is 36.0 Å². The molecule has 17 heavy (non-hydrogen) atoms. The van der Waals surface area contributed by atoms with Crippen molar-refractivity contribution in [2.45, 2.75) is 25.9 Å². The molecule has 98 valence electrons. The highest BCUT2D eigenvalue weighted by Crippen LogP contribution is 2.36. The van der Waals surface area contributed by atoms with E-state index < -0.39 is 30.5 Å². The van der Waals surface area contributed by atoms with Crippen molar-refractivity contribution in [3.05, 3.63) is 0 Å². The lowest BCUT2D eigenvalue weighted by Crippen LogP contribution is -2.52. The smallest absolute Gasteiger partial charge is 0.336 e. The van der Waals surface area contributed by atoms with Gasteiger partial charge in [-0.25, -0.2) is 0 Å². The summed E-state index contributed by atoms with van der Waals surface area (Å²) >= 11 is 0. The van der Waals surface area contributed by atoms with Crippen LogP contribution in [0.2, 0.25) is 0 Å². The molecule has 0 saturated carbocycles. The number of nitriles is 1. The standard InChI is InChI=1S/C9H11F5N2O/c1-3-16(5-6(2)4-15)7(17)8(10,11)9(12,13)14/h6H,3,5H2,1-2H3. The van der Waals surface area contributed by atoms with Gasteiger partial charge in [-0.15, -0.1) is 0 Å². The molecular formula is C9H11F5N2O. The molecule has 3 nitrogen and oxygen atoms in total. The lowest BCUT2D eigenvalue weighted by Gasteiger charge is -2.27. The zero-order valence-electron chi connectivity index (χ0n) is 9.18. The van der Waals surface area contributed by atoms with Crippen LogP contribution >= 0.6 is 0 Å². The second-order valence-corrected chi connectivity index (χ2v) is 3.45. The molecule has 0 saturated heterocycles. The Morgan fingerprint density at radius 1 is 1.35 bits per heavy atom. The van der Waals surface area contributed by atoms with E-state index in [1.807, 2.05) is 0 Å². The number of hydrogen-bond donors (Lipinski definition) is 0. The highest BCUT2D eigenvalue weighted by molar-refractivity contribution is 5.84. The summed E-state index contributed by atoms with van der Waals surface area (Å²) in [6.07, 6.45) is -5.92. The first-order chi connectivity index (χ1) is 7.57. The molecule has 0 aliphatic carbocycles. The van der Waals surface area contributed by atoms with Gasteiger partial charge in [0.15, 0.2) is 0 Å². The van der Waals surface area contributed by atoms with Gasteiger partial charge in [-0.3, -0.25) is 4.79 Å². The van der Waals surface area contributed by atoms with Gasteiger partial charge in [0.1, 0.15) is 0 Å². The topological polar surface area (TPSA) is 44.1 Å². The first kappa shape index (κ1) is 15.6. The first-order valence-corrected chi connectivity index (χ1v) is 4.71. The van der Waals surface area contributed by atoms with Gasteiger partial charge in [-0.05, 0) is 13.8 Å². The quantitative estimate of drug-likeness (QED) is 0.725. The van der Waals surface area contributed by atoms with Crippen LogP contribution < -0.4 is 0 Å². The van der Waals surface area contributed by atoms with Gasteiger partial charge in [0.25, 0.3) is 0 Å². The van der Waals surface area contributed by atoms with Crippen LogP contribution in [0.25, 0.3) is 0 Å². The molecule has 0 fully saturated rings. The summed E-state index contributed by atoms with van der Waals surface area (Å²) in [7, 11) is 0. The fourth-order valence-electron chi connectivity index (χ4n) is 1.05. The van der Waals surface area contributed by atoms with Crippen molar-refractivity contribution in [2.24, 2.45) is 5.92 Å². The van der Waals surface area contributed by atoms with E-state index in [9.17, 15) is 26.7 Å². The molecule has 0 heterocycles. The number of alkyl halides is 5. The molecule has 0 bridgehead atoms. The van der Waals surface area contributed by atoms with E-state index in [0.29, 0.717) is 4.90 Å². The average molecular weight is 258 g/mol. The van der Waals surface area contributed by atoms with Crippen molar-refractivity contribution in [1.29, 1.82) is 5.26 Å². The molecule has 0 rings (SSSR count). The van der Waals surface area contributed by atoms with Gasteiger partial charge < -0.3 is 4.90 Å². The number of amides is 1. The van der Waals surface area contributed by atoms with Gasteiger partial charge in [-0.2, -0.15) is 27.2 Å². The van der Waals surface area contributed by atoms with Crippen molar-refractivity contribution in [3.8, 4) is 6.07 Å². The molecule has 8 heteroatoms. The third kappa shape index (κ3) is 3.54. The molecule has 1 atom stereocenters. The zero-order valence-corrected chi connectivity index (χ0v) is 9.18. The molecule has 0 N–H and O–H groups in total. The lowest BCUT2D eigenvalue weighted by atomic mass is 10.1. The summed E-state index contributed by atoms with van der Waals surface area (Å²) in [4.78, 5) is 11.4. The van der Waals surface area contributed by atoms with Crippen molar-refractivity contribution in [1.82, 2.24) is 4.90 Å². The van der Waals surface area contributed by atoms with Crippen LogP contribution in [0.1, 0.15) is 13.8 Å². The number of nitrogens with zero attached hydrogens (tertiary/aromatic N) is 2. The molecule has 0 aromatic rings. The third-order valence-electron chi connectivity index (χ3n) is 2.01. The Morgan fingerprint density at radius 3 is 2.12 bits per heavy atom. The van der Waals surface area contributed by atoms with Crippen LogP contribution in [0.15, 0.2) is 0 Å². The van der Waals surface area contributed by atoms with Crippen LogP contribution in [0.3, 0.4) is 0 Å². The Labute approximate surface area is 94.8 Å².